The molecule has 0 bridgehead atoms. The van der Waals surface area contributed by atoms with Crippen LogP contribution < -0.4 is 5.32 Å². The summed E-state index contributed by atoms with van der Waals surface area (Å²) in [6.07, 6.45) is 1.57. The molecule has 2 N–H and O–H groups in total. The molecule has 3 nitrogen and oxygen atoms in total. The van der Waals surface area contributed by atoms with Gasteiger partial charge >= 0.3 is 0 Å². The number of aliphatic hydroxyl groups excluding tert-OH is 1. The Kier molecular flexibility index (Phi) is 3.40. The maximum absolute atomic E-state index is 13.7. The van der Waals surface area contributed by atoms with Gasteiger partial charge in [-0.2, -0.15) is 0 Å². The molecule has 3 rings (SSSR count). The average Bonchev–Trinajstić information content (AvgIpc) is 3.30. The van der Waals surface area contributed by atoms with Crippen LogP contribution in [0.25, 0.3) is 10.8 Å². The van der Waals surface area contributed by atoms with Crippen molar-refractivity contribution in [1.29, 1.82) is 0 Å². The molecular weight excluding hydrogens is 257 g/mol. The largest absolute Gasteiger partial charge is 0.391 e. The van der Waals surface area contributed by atoms with E-state index in [0.717, 1.165) is 12.8 Å². The Labute approximate surface area is 116 Å². The summed E-state index contributed by atoms with van der Waals surface area (Å²) >= 11 is 0. The zero-order valence-corrected chi connectivity index (χ0v) is 11.0. The van der Waals surface area contributed by atoms with Crippen molar-refractivity contribution in [3.05, 3.63) is 47.8 Å². The molecule has 0 aromatic heterocycles. The van der Waals surface area contributed by atoms with E-state index in [9.17, 15) is 14.3 Å². The standard InChI is InChI=1S/C16H16FNO2/c17-14-8-7-13(11-3-1-2-4-12(11)14)16(20)18-9-15(19)10-5-6-10/h1-4,7-8,10,15,19H,5-6,9H2,(H,18,20). The molecule has 4 heteroatoms. The maximum atomic E-state index is 13.7. The average molecular weight is 273 g/mol. The number of halogens is 1. The van der Waals surface area contributed by atoms with E-state index in [1.165, 1.54) is 12.1 Å². The molecule has 1 aliphatic rings. The zero-order chi connectivity index (χ0) is 14.1. The third-order valence-electron chi connectivity index (χ3n) is 3.75. The van der Waals surface area contributed by atoms with Crippen LogP contribution in [0.5, 0.6) is 0 Å². The molecule has 0 aliphatic heterocycles. The summed E-state index contributed by atoms with van der Waals surface area (Å²) in [5.74, 6) is -0.295. The molecule has 1 atom stereocenters. The van der Waals surface area contributed by atoms with Gasteiger partial charge in [-0.1, -0.05) is 24.3 Å². The fourth-order valence-corrected chi connectivity index (χ4v) is 2.40. The van der Waals surface area contributed by atoms with Crippen molar-refractivity contribution in [3.63, 3.8) is 0 Å². The second kappa shape index (κ2) is 5.21. The van der Waals surface area contributed by atoms with Gasteiger partial charge in [-0.3, -0.25) is 4.79 Å². The molecule has 0 heterocycles. The van der Waals surface area contributed by atoms with Gasteiger partial charge in [0, 0.05) is 17.5 Å². The van der Waals surface area contributed by atoms with Crippen LogP contribution in [0.2, 0.25) is 0 Å². The molecule has 1 amide bonds. The fourth-order valence-electron chi connectivity index (χ4n) is 2.40. The lowest BCUT2D eigenvalue weighted by molar-refractivity contribution is 0.0902. The Balaban J connectivity index is 1.82. The van der Waals surface area contributed by atoms with E-state index in [-0.39, 0.29) is 18.3 Å². The molecule has 20 heavy (non-hydrogen) atoms. The summed E-state index contributed by atoms with van der Waals surface area (Å²) in [7, 11) is 0. The van der Waals surface area contributed by atoms with E-state index < -0.39 is 6.10 Å². The molecule has 1 fully saturated rings. The Morgan fingerprint density at radius 1 is 1.25 bits per heavy atom. The molecule has 104 valence electrons. The molecule has 2 aromatic rings. The minimum absolute atomic E-state index is 0.245. The van der Waals surface area contributed by atoms with Gasteiger partial charge in [0.15, 0.2) is 0 Å². The lowest BCUT2D eigenvalue weighted by atomic mass is 10.0. The highest BCUT2D eigenvalue weighted by atomic mass is 19.1. The van der Waals surface area contributed by atoms with Gasteiger partial charge in [0.2, 0.25) is 0 Å². The van der Waals surface area contributed by atoms with Crippen molar-refractivity contribution in [2.24, 2.45) is 5.92 Å². The van der Waals surface area contributed by atoms with E-state index in [2.05, 4.69) is 5.32 Å². The highest BCUT2D eigenvalue weighted by molar-refractivity contribution is 6.07. The second-order valence-electron chi connectivity index (χ2n) is 5.26. The lowest BCUT2D eigenvalue weighted by Crippen LogP contribution is -2.33. The van der Waals surface area contributed by atoms with E-state index in [1.807, 2.05) is 0 Å². The number of hydrogen-bond acceptors (Lipinski definition) is 2. The molecule has 2 aromatic carbocycles. The van der Waals surface area contributed by atoms with Crippen LogP contribution >= 0.6 is 0 Å². The summed E-state index contributed by atoms with van der Waals surface area (Å²) in [4.78, 5) is 12.2. The van der Waals surface area contributed by atoms with E-state index in [1.54, 1.807) is 24.3 Å². The van der Waals surface area contributed by atoms with Gasteiger partial charge < -0.3 is 10.4 Å². The summed E-state index contributed by atoms with van der Waals surface area (Å²) in [6.45, 7) is 0.245. The van der Waals surface area contributed by atoms with Crippen LogP contribution in [0.3, 0.4) is 0 Å². The van der Waals surface area contributed by atoms with Crippen molar-refractivity contribution in [2.45, 2.75) is 18.9 Å². The lowest BCUT2D eigenvalue weighted by Gasteiger charge is -2.12. The molecule has 0 saturated heterocycles. The Bertz CT molecular complexity index is 652. The number of carbonyl (C=O) groups excluding carboxylic acids is 1. The number of rotatable bonds is 4. The summed E-state index contributed by atoms with van der Waals surface area (Å²) in [5, 5.41) is 13.5. The minimum atomic E-state index is -0.481. The fraction of sp³-hybridized carbons (Fsp3) is 0.312. The number of aliphatic hydroxyl groups is 1. The number of carbonyl (C=O) groups is 1. The normalized spacial score (nSPS) is 16.1. The predicted octanol–water partition coefficient (Wildman–Crippen LogP) is 2.48. The van der Waals surface area contributed by atoms with Gasteiger partial charge in [-0.15, -0.1) is 0 Å². The van der Waals surface area contributed by atoms with E-state index in [0.29, 0.717) is 22.3 Å². The van der Waals surface area contributed by atoms with Gasteiger partial charge in [-0.05, 0) is 36.3 Å². The van der Waals surface area contributed by atoms with Crippen molar-refractivity contribution in [3.8, 4) is 0 Å². The SMILES string of the molecule is O=C(NCC(O)C1CC1)c1ccc(F)c2ccccc12. The van der Waals surface area contributed by atoms with Crippen LogP contribution in [0, 0.1) is 11.7 Å². The highest BCUT2D eigenvalue weighted by Crippen LogP contribution is 2.32. The third kappa shape index (κ3) is 2.51. The topological polar surface area (TPSA) is 49.3 Å². The van der Waals surface area contributed by atoms with Crippen LogP contribution in [-0.4, -0.2) is 23.7 Å². The minimum Gasteiger partial charge on any atom is -0.391 e. The van der Waals surface area contributed by atoms with Crippen LogP contribution in [0.15, 0.2) is 36.4 Å². The van der Waals surface area contributed by atoms with Gasteiger partial charge in [0.05, 0.1) is 6.10 Å². The van der Waals surface area contributed by atoms with E-state index >= 15 is 0 Å². The number of benzene rings is 2. The Hall–Kier alpha value is -1.94. The summed E-state index contributed by atoms with van der Waals surface area (Å²) in [5.41, 5.74) is 0.435. The van der Waals surface area contributed by atoms with E-state index in [4.69, 9.17) is 0 Å². The number of nitrogens with one attached hydrogen (secondary N) is 1. The number of hydrogen-bond donors (Lipinski definition) is 2. The molecule has 1 unspecified atom stereocenters. The Morgan fingerprint density at radius 2 is 1.95 bits per heavy atom. The molecule has 1 aliphatic carbocycles. The van der Waals surface area contributed by atoms with Crippen molar-refractivity contribution in [2.75, 3.05) is 6.54 Å². The monoisotopic (exact) mass is 273 g/mol. The van der Waals surface area contributed by atoms with Crippen LogP contribution in [-0.2, 0) is 0 Å². The number of fused-ring (bicyclic) bond motifs is 1. The van der Waals surface area contributed by atoms with Gasteiger partial charge in [0.1, 0.15) is 5.82 Å². The van der Waals surface area contributed by atoms with Crippen LogP contribution in [0.4, 0.5) is 4.39 Å². The second-order valence-corrected chi connectivity index (χ2v) is 5.26. The first-order valence-corrected chi connectivity index (χ1v) is 6.80. The van der Waals surface area contributed by atoms with Crippen molar-refractivity contribution >= 4 is 16.7 Å². The molecular formula is C16H16FNO2. The summed E-state index contributed by atoms with van der Waals surface area (Å²) < 4.78 is 13.7. The smallest absolute Gasteiger partial charge is 0.252 e. The molecule has 1 saturated carbocycles. The van der Waals surface area contributed by atoms with Gasteiger partial charge in [-0.25, -0.2) is 4.39 Å². The van der Waals surface area contributed by atoms with Crippen molar-refractivity contribution < 1.29 is 14.3 Å². The zero-order valence-electron chi connectivity index (χ0n) is 11.0. The molecule has 0 spiro atoms. The van der Waals surface area contributed by atoms with Gasteiger partial charge in [0.25, 0.3) is 5.91 Å². The Morgan fingerprint density at radius 3 is 2.65 bits per heavy atom. The quantitative estimate of drug-likeness (QED) is 0.899. The number of amides is 1. The first-order valence-electron chi connectivity index (χ1n) is 6.80. The summed E-state index contributed by atoms with van der Waals surface area (Å²) in [6, 6.07) is 9.68. The highest BCUT2D eigenvalue weighted by Gasteiger charge is 2.29. The first-order chi connectivity index (χ1) is 9.66. The van der Waals surface area contributed by atoms with Crippen molar-refractivity contribution in [1.82, 2.24) is 5.32 Å². The molecule has 0 radical (unpaired) electrons. The van der Waals surface area contributed by atoms with Crippen LogP contribution in [0.1, 0.15) is 23.2 Å². The predicted molar refractivity (Wildman–Crippen MR) is 75.0 cm³/mol. The maximum Gasteiger partial charge on any atom is 0.252 e. The third-order valence-corrected chi connectivity index (χ3v) is 3.75. The first kappa shape index (κ1) is 13.1.